The second kappa shape index (κ2) is 14.2. The third kappa shape index (κ3) is 5.97. The Kier molecular flexibility index (Phi) is 8.26. The summed E-state index contributed by atoms with van der Waals surface area (Å²) in [5.74, 6) is 1.93. The van der Waals surface area contributed by atoms with Crippen LogP contribution in [-0.4, -0.2) is 26.2 Å². The molecule has 278 valence electrons. The molecule has 59 heavy (non-hydrogen) atoms. The Bertz CT molecular complexity index is 3150. The minimum atomic E-state index is 0.634. The van der Waals surface area contributed by atoms with Gasteiger partial charge < -0.3 is 9.47 Å². The van der Waals surface area contributed by atoms with E-state index in [2.05, 4.69) is 143 Å². The summed E-state index contributed by atoms with van der Waals surface area (Å²) in [6, 6.07) is 67.9. The fourth-order valence-corrected chi connectivity index (χ4v) is 8.53. The SMILES string of the molecule is C=Nc1ccccc1N1Cc2cc3c(cc2-c2ccccc21)c1ccccc1n3-c1ccc(-c2cccc(-c3nc(-c4ccccc4)nc(-c4ccccc4)n3)c2)cc1. The van der Waals surface area contributed by atoms with E-state index in [1.165, 1.54) is 44.2 Å². The topological polar surface area (TPSA) is 59.2 Å². The number of aromatic nitrogens is 4. The number of hydrogen-bond acceptors (Lipinski definition) is 5. The molecule has 8 aromatic carbocycles. The molecule has 0 saturated carbocycles. The van der Waals surface area contributed by atoms with Gasteiger partial charge >= 0.3 is 0 Å². The average molecular weight is 757 g/mol. The first-order valence-corrected chi connectivity index (χ1v) is 19.8. The van der Waals surface area contributed by atoms with Gasteiger partial charge in [-0.2, -0.15) is 0 Å². The Hall–Kier alpha value is -7.96. The van der Waals surface area contributed by atoms with E-state index < -0.39 is 0 Å². The molecule has 0 unspecified atom stereocenters. The number of para-hydroxylation sites is 4. The van der Waals surface area contributed by atoms with E-state index >= 15 is 0 Å². The van der Waals surface area contributed by atoms with Crippen LogP contribution >= 0.6 is 0 Å². The van der Waals surface area contributed by atoms with Crippen molar-refractivity contribution in [2.24, 2.45) is 4.99 Å². The van der Waals surface area contributed by atoms with Crippen molar-refractivity contribution in [2.75, 3.05) is 4.90 Å². The summed E-state index contributed by atoms with van der Waals surface area (Å²) in [6.07, 6.45) is 0. The monoisotopic (exact) mass is 756 g/mol. The maximum Gasteiger partial charge on any atom is 0.164 e. The molecule has 10 aromatic rings. The third-order valence-electron chi connectivity index (χ3n) is 11.3. The Morgan fingerprint density at radius 1 is 0.424 bits per heavy atom. The number of benzene rings is 8. The zero-order chi connectivity index (χ0) is 39.3. The first-order chi connectivity index (χ1) is 29.2. The fraction of sp³-hybridized carbons (Fsp3) is 0.0189. The summed E-state index contributed by atoms with van der Waals surface area (Å²) in [5.41, 5.74) is 15.3. The molecule has 0 N–H and O–H groups in total. The van der Waals surface area contributed by atoms with Crippen molar-refractivity contribution in [3.8, 4) is 62.1 Å². The normalized spacial score (nSPS) is 12.0. The van der Waals surface area contributed by atoms with E-state index in [0.29, 0.717) is 24.0 Å². The summed E-state index contributed by atoms with van der Waals surface area (Å²) in [4.78, 5) is 21.6. The van der Waals surface area contributed by atoms with Gasteiger partial charge in [0.1, 0.15) is 0 Å². The molecule has 0 spiro atoms. The van der Waals surface area contributed by atoms with Crippen molar-refractivity contribution in [1.82, 2.24) is 19.5 Å². The molecule has 0 aliphatic carbocycles. The molecule has 0 fully saturated rings. The highest BCUT2D eigenvalue weighted by molar-refractivity contribution is 6.11. The molecule has 0 bridgehead atoms. The molecule has 1 aliphatic heterocycles. The number of anilines is 2. The summed E-state index contributed by atoms with van der Waals surface area (Å²) in [5, 5.41) is 2.46. The van der Waals surface area contributed by atoms with Crippen LogP contribution in [0.5, 0.6) is 0 Å². The van der Waals surface area contributed by atoms with Crippen molar-refractivity contribution in [2.45, 2.75) is 6.54 Å². The minimum Gasteiger partial charge on any atom is -0.335 e. The molecular formula is C53H36N6. The Morgan fingerprint density at radius 3 is 1.75 bits per heavy atom. The number of hydrogen-bond donors (Lipinski definition) is 0. The molecule has 1 aliphatic rings. The zero-order valence-electron chi connectivity index (χ0n) is 32.1. The molecule has 0 radical (unpaired) electrons. The second-order valence-corrected chi connectivity index (χ2v) is 14.8. The fourth-order valence-electron chi connectivity index (χ4n) is 8.53. The van der Waals surface area contributed by atoms with Gasteiger partial charge in [-0.05, 0) is 83.6 Å². The predicted molar refractivity (Wildman–Crippen MR) is 243 cm³/mol. The van der Waals surface area contributed by atoms with Crippen LogP contribution in [0.25, 0.3) is 83.9 Å². The second-order valence-electron chi connectivity index (χ2n) is 14.8. The van der Waals surface area contributed by atoms with Crippen molar-refractivity contribution < 1.29 is 0 Å². The smallest absolute Gasteiger partial charge is 0.164 e. The van der Waals surface area contributed by atoms with Gasteiger partial charge in [-0.25, -0.2) is 15.0 Å². The Balaban J connectivity index is 0.995. The lowest BCUT2D eigenvalue weighted by molar-refractivity contribution is 0.962. The molecule has 11 rings (SSSR count). The molecule has 0 atom stereocenters. The highest BCUT2D eigenvalue weighted by Gasteiger charge is 2.26. The molecule has 6 nitrogen and oxygen atoms in total. The minimum absolute atomic E-state index is 0.634. The van der Waals surface area contributed by atoms with Crippen LogP contribution in [0.4, 0.5) is 17.1 Å². The lowest BCUT2D eigenvalue weighted by atomic mass is 9.91. The maximum atomic E-state index is 4.98. The van der Waals surface area contributed by atoms with Crippen molar-refractivity contribution >= 4 is 45.6 Å². The lowest BCUT2D eigenvalue weighted by Crippen LogP contribution is -2.21. The van der Waals surface area contributed by atoms with E-state index in [1.807, 2.05) is 72.8 Å². The van der Waals surface area contributed by atoms with Gasteiger partial charge in [0.15, 0.2) is 17.5 Å². The molecule has 0 amide bonds. The van der Waals surface area contributed by atoms with Crippen LogP contribution in [0.1, 0.15) is 5.56 Å². The van der Waals surface area contributed by atoms with Crippen LogP contribution < -0.4 is 4.90 Å². The van der Waals surface area contributed by atoms with Crippen LogP contribution in [0.3, 0.4) is 0 Å². The van der Waals surface area contributed by atoms with Gasteiger partial charge in [0.2, 0.25) is 0 Å². The van der Waals surface area contributed by atoms with E-state index in [1.54, 1.807) is 0 Å². The van der Waals surface area contributed by atoms with Crippen molar-refractivity contribution in [3.05, 3.63) is 200 Å². The van der Waals surface area contributed by atoms with Crippen molar-refractivity contribution in [1.29, 1.82) is 0 Å². The van der Waals surface area contributed by atoms with E-state index in [-0.39, 0.29) is 0 Å². The molecule has 0 saturated heterocycles. The maximum absolute atomic E-state index is 4.98. The van der Waals surface area contributed by atoms with Crippen LogP contribution in [-0.2, 0) is 6.54 Å². The van der Waals surface area contributed by atoms with E-state index in [9.17, 15) is 0 Å². The zero-order valence-corrected chi connectivity index (χ0v) is 32.1. The Labute approximate surface area is 342 Å². The summed E-state index contributed by atoms with van der Waals surface area (Å²) >= 11 is 0. The predicted octanol–water partition coefficient (Wildman–Crippen LogP) is 13.3. The Morgan fingerprint density at radius 2 is 1.02 bits per heavy atom. The number of fused-ring (bicyclic) bond motifs is 6. The molecular weight excluding hydrogens is 721 g/mol. The standard InChI is InChI=1S/C53H36N6/c1-54-46-23-10-13-26-49(46)58-34-40-32-50-45(33-44(40)42-21-8-11-24-47(42)58)43-22-9-12-25-48(43)59(50)41-29-27-35(28-30-41)38-19-14-20-39(31-38)53-56-51(36-15-4-2-5-16-36)55-52(57-53)37-17-6-3-7-18-37/h2-33H,1,34H2. The number of rotatable bonds is 7. The van der Waals surface area contributed by atoms with E-state index in [4.69, 9.17) is 15.0 Å². The van der Waals surface area contributed by atoms with E-state index in [0.717, 1.165) is 44.9 Å². The first kappa shape index (κ1) is 34.3. The van der Waals surface area contributed by atoms with Crippen LogP contribution in [0, 0.1) is 0 Å². The average Bonchev–Trinajstić information content (AvgIpc) is 3.64. The highest BCUT2D eigenvalue weighted by Crippen LogP contribution is 2.47. The van der Waals surface area contributed by atoms with Crippen LogP contribution in [0.15, 0.2) is 199 Å². The van der Waals surface area contributed by atoms with Gasteiger partial charge in [0.25, 0.3) is 0 Å². The van der Waals surface area contributed by atoms with Gasteiger partial charge in [0.05, 0.1) is 22.4 Å². The molecule has 3 heterocycles. The van der Waals surface area contributed by atoms with Gasteiger partial charge in [0, 0.05) is 50.9 Å². The van der Waals surface area contributed by atoms with Gasteiger partial charge in [-0.3, -0.25) is 4.99 Å². The third-order valence-corrected chi connectivity index (χ3v) is 11.3. The largest absolute Gasteiger partial charge is 0.335 e. The highest BCUT2D eigenvalue weighted by atomic mass is 15.2. The number of aliphatic imine (C=N–C) groups is 1. The summed E-state index contributed by atoms with van der Waals surface area (Å²) in [7, 11) is 0. The molecule has 6 heteroatoms. The summed E-state index contributed by atoms with van der Waals surface area (Å²) < 4.78 is 2.40. The molecule has 2 aromatic heterocycles. The first-order valence-electron chi connectivity index (χ1n) is 19.8. The van der Waals surface area contributed by atoms with Crippen molar-refractivity contribution in [3.63, 3.8) is 0 Å². The van der Waals surface area contributed by atoms with Gasteiger partial charge in [-0.1, -0.05) is 140 Å². The van der Waals surface area contributed by atoms with Gasteiger partial charge in [-0.15, -0.1) is 0 Å². The number of nitrogens with zero attached hydrogens (tertiary/aromatic N) is 6. The quantitative estimate of drug-likeness (QED) is 0.152. The lowest BCUT2D eigenvalue weighted by Gasteiger charge is -2.33. The van der Waals surface area contributed by atoms with Crippen LogP contribution in [0.2, 0.25) is 0 Å². The summed E-state index contributed by atoms with van der Waals surface area (Å²) in [6.45, 7) is 4.59.